The summed E-state index contributed by atoms with van der Waals surface area (Å²) >= 11 is 0. The van der Waals surface area contributed by atoms with Crippen molar-refractivity contribution in [3.05, 3.63) is 23.5 Å². The second kappa shape index (κ2) is 6.70. The van der Waals surface area contributed by atoms with E-state index >= 15 is 0 Å². The van der Waals surface area contributed by atoms with Crippen molar-refractivity contribution in [3.8, 4) is 0 Å². The van der Waals surface area contributed by atoms with Gasteiger partial charge in [0.05, 0.1) is 11.3 Å². The van der Waals surface area contributed by atoms with Crippen LogP contribution in [0.15, 0.2) is 12.3 Å². The zero-order chi connectivity index (χ0) is 14.5. The summed E-state index contributed by atoms with van der Waals surface area (Å²) in [5.74, 6) is -0.0548. The monoisotopic (exact) mass is 276 g/mol. The van der Waals surface area contributed by atoms with Gasteiger partial charge in [-0.2, -0.15) is 0 Å². The first-order valence-electron chi connectivity index (χ1n) is 7.24. The van der Waals surface area contributed by atoms with Crippen LogP contribution in [0, 0.1) is 6.92 Å². The number of amides is 1. The summed E-state index contributed by atoms with van der Waals surface area (Å²) in [7, 11) is 3.95. The van der Waals surface area contributed by atoms with Crippen LogP contribution < -0.4 is 10.6 Å². The van der Waals surface area contributed by atoms with E-state index in [4.69, 9.17) is 0 Å². The van der Waals surface area contributed by atoms with Crippen molar-refractivity contribution in [2.24, 2.45) is 0 Å². The molecule has 1 aromatic rings. The van der Waals surface area contributed by atoms with Crippen molar-refractivity contribution >= 4 is 11.6 Å². The topological polar surface area (TPSA) is 57.3 Å². The number of nitrogens with one attached hydrogen (secondary N) is 2. The molecule has 2 rings (SSSR count). The summed E-state index contributed by atoms with van der Waals surface area (Å²) in [6.07, 6.45) is 5.30. The third-order valence-corrected chi connectivity index (χ3v) is 3.97. The fraction of sp³-hybridized carbons (Fsp3) is 0.600. The van der Waals surface area contributed by atoms with Gasteiger partial charge < -0.3 is 15.5 Å². The Morgan fingerprint density at radius 2 is 2.30 bits per heavy atom. The predicted molar refractivity (Wildman–Crippen MR) is 81.1 cm³/mol. The Balaban J connectivity index is 1.98. The zero-order valence-corrected chi connectivity index (χ0v) is 12.6. The maximum absolute atomic E-state index is 12.3. The number of anilines is 1. The lowest BCUT2D eigenvalue weighted by molar-refractivity contribution is 0.0929. The molecule has 0 spiro atoms. The highest BCUT2D eigenvalue weighted by Gasteiger charge is 2.20. The molecule has 1 amide bonds. The van der Waals surface area contributed by atoms with Crippen molar-refractivity contribution in [3.63, 3.8) is 0 Å². The van der Waals surface area contributed by atoms with Gasteiger partial charge >= 0.3 is 0 Å². The molecular formula is C15H24N4O. The molecule has 1 aliphatic heterocycles. The number of aryl methyl sites for hydroxylation is 1. The van der Waals surface area contributed by atoms with Gasteiger partial charge in [-0.05, 0) is 39.4 Å². The molecule has 1 fully saturated rings. The van der Waals surface area contributed by atoms with Gasteiger partial charge in [0.2, 0.25) is 0 Å². The fourth-order valence-corrected chi connectivity index (χ4v) is 2.66. The minimum absolute atomic E-state index is 0.0548. The number of nitrogens with zero attached hydrogens (tertiary/aromatic N) is 2. The van der Waals surface area contributed by atoms with Crippen LogP contribution in [0.25, 0.3) is 0 Å². The average molecular weight is 276 g/mol. The van der Waals surface area contributed by atoms with Gasteiger partial charge in [0, 0.05) is 31.5 Å². The SMILES string of the molecule is CNc1cc(C)ncc1C(=O)NCC1CCCCN1C. The summed E-state index contributed by atoms with van der Waals surface area (Å²) in [4.78, 5) is 18.8. The molecule has 5 heteroatoms. The number of aromatic nitrogens is 1. The van der Waals surface area contributed by atoms with Crippen LogP contribution >= 0.6 is 0 Å². The van der Waals surface area contributed by atoms with Crippen LogP contribution in [0.4, 0.5) is 5.69 Å². The molecule has 1 aromatic heterocycles. The van der Waals surface area contributed by atoms with Crippen molar-refractivity contribution in [1.29, 1.82) is 0 Å². The third-order valence-electron chi connectivity index (χ3n) is 3.97. The summed E-state index contributed by atoms with van der Waals surface area (Å²) in [6, 6.07) is 2.34. The van der Waals surface area contributed by atoms with Gasteiger partial charge in [-0.3, -0.25) is 9.78 Å². The van der Waals surface area contributed by atoms with E-state index in [-0.39, 0.29) is 5.91 Å². The molecule has 5 nitrogen and oxygen atoms in total. The molecule has 2 heterocycles. The number of carbonyl (C=O) groups is 1. The largest absolute Gasteiger partial charge is 0.387 e. The average Bonchev–Trinajstić information content (AvgIpc) is 2.46. The zero-order valence-electron chi connectivity index (χ0n) is 12.6. The van der Waals surface area contributed by atoms with Crippen molar-refractivity contribution in [1.82, 2.24) is 15.2 Å². The lowest BCUT2D eigenvalue weighted by Gasteiger charge is -2.32. The number of piperidine rings is 1. The van der Waals surface area contributed by atoms with Crippen LogP contribution in [-0.2, 0) is 0 Å². The minimum Gasteiger partial charge on any atom is -0.387 e. The first-order chi connectivity index (χ1) is 9.61. The molecule has 1 unspecified atom stereocenters. The first-order valence-corrected chi connectivity index (χ1v) is 7.24. The van der Waals surface area contributed by atoms with Crippen LogP contribution in [-0.4, -0.2) is 49.0 Å². The summed E-state index contributed by atoms with van der Waals surface area (Å²) in [5, 5.41) is 6.09. The lowest BCUT2D eigenvalue weighted by atomic mass is 10.0. The Hall–Kier alpha value is -1.62. The number of pyridine rings is 1. The van der Waals surface area contributed by atoms with E-state index in [1.807, 2.05) is 20.0 Å². The Labute approximate surface area is 120 Å². The molecule has 20 heavy (non-hydrogen) atoms. The summed E-state index contributed by atoms with van der Waals surface area (Å²) in [6.45, 7) is 3.74. The van der Waals surface area contributed by atoms with Crippen LogP contribution in [0.3, 0.4) is 0 Å². The number of likely N-dealkylation sites (tertiary alicyclic amines) is 1. The van der Waals surface area contributed by atoms with Crippen molar-refractivity contribution in [2.45, 2.75) is 32.2 Å². The van der Waals surface area contributed by atoms with Crippen LogP contribution in [0.1, 0.15) is 35.3 Å². The van der Waals surface area contributed by atoms with E-state index in [2.05, 4.69) is 27.6 Å². The summed E-state index contributed by atoms with van der Waals surface area (Å²) in [5.41, 5.74) is 2.33. The fourth-order valence-electron chi connectivity index (χ4n) is 2.66. The number of hydrogen-bond donors (Lipinski definition) is 2. The van der Waals surface area contributed by atoms with E-state index in [0.29, 0.717) is 18.2 Å². The molecule has 1 aliphatic rings. The Bertz CT molecular complexity index is 475. The molecule has 0 bridgehead atoms. The Morgan fingerprint density at radius 1 is 1.50 bits per heavy atom. The molecule has 2 N–H and O–H groups in total. The molecular weight excluding hydrogens is 252 g/mol. The maximum Gasteiger partial charge on any atom is 0.255 e. The van der Waals surface area contributed by atoms with Gasteiger partial charge in [0.15, 0.2) is 0 Å². The van der Waals surface area contributed by atoms with Gasteiger partial charge in [0.1, 0.15) is 0 Å². The van der Waals surface area contributed by atoms with Gasteiger partial charge in [-0.1, -0.05) is 6.42 Å². The second-order valence-electron chi connectivity index (χ2n) is 5.46. The van der Waals surface area contributed by atoms with Gasteiger partial charge in [-0.15, -0.1) is 0 Å². The van der Waals surface area contributed by atoms with E-state index in [1.54, 1.807) is 6.20 Å². The number of hydrogen-bond acceptors (Lipinski definition) is 4. The summed E-state index contributed by atoms with van der Waals surface area (Å²) < 4.78 is 0. The minimum atomic E-state index is -0.0548. The molecule has 1 atom stereocenters. The highest BCUT2D eigenvalue weighted by molar-refractivity contribution is 5.99. The highest BCUT2D eigenvalue weighted by atomic mass is 16.1. The standard InChI is InChI=1S/C15H24N4O/c1-11-8-14(16-2)13(10-17-11)15(20)18-9-12-6-4-5-7-19(12)3/h8,10,12H,4-7,9H2,1-3H3,(H,16,17)(H,18,20). The maximum atomic E-state index is 12.3. The molecule has 0 saturated carbocycles. The predicted octanol–water partition coefficient (Wildman–Crippen LogP) is 1.65. The molecule has 0 radical (unpaired) electrons. The molecule has 0 aromatic carbocycles. The number of rotatable bonds is 4. The van der Waals surface area contributed by atoms with E-state index in [0.717, 1.165) is 24.3 Å². The van der Waals surface area contributed by atoms with E-state index in [9.17, 15) is 4.79 Å². The van der Waals surface area contributed by atoms with E-state index in [1.165, 1.54) is 12.8 Å². The van der Waals surface area contributed by atoms with Gasteiger partial charge in [0.25, 0.3) is 5.91 Å². The smallest absolute Gasteiger partial charge is 0.255 e. The van der Waals surface area contributed by atoms with Crippen molar-refractivity contribution in [2.75, 3.05) is 32.5 Å². The highest BCUT2D eigenvalue weighted by Crippen LogP contribution is 2.16. The quantitative estimate of drug-likeness (QED) is 0.878. The van der Waals surface area contributed by atoms with Crippen molar-refractivity contribution < 1.29 is 4.79 Å². The third kappa shape index (κ3) is 3.48. The lowest BCUT2D eigenvalue weighted by Crippen LogP contribution is -2.44. The Morgan fingerprint density at radius 3 is 3.00 bits per heavy atom. The normalized spacial score (nSPS) is 19.6. The molecule has 110 valence electrons. The number of carbonyl (C=O) groups excluding carboxylic acids is 1. The number of likely N-dealkylation sites (N-methyl/N-ethyl adjacent to an activating group) is 1. The second-order valence-corrected chi connectivity index (χ2v) is 5.46. The Kier molecular flexibility index (Phi) is 4.95. The first kappa shape index (κ1) is 14.8. The van der Waals surface area contributed by atoms with Gasteiger partial charge in [-0.25, -0.2) is 0 Å². The molecule has 0 aliphatic carbocycles. The molecule has 1 saturated heterocycles. The van der Waals surface area contributed by atoms with Crippen LogP contribution in [0.2, 0.25) is 0 Å². The van der Waals surface area contributed by atoms with Crippen LogP contribution in [0.5, 0.6) is 0 Å². The van der Waals surface area contributed by atoms with E-state index < -0.39 is 0 Å².